The Kier molecular flexibility index (Phi) is 4.36. The number of pyridine rings is 1. The Labute approximate surface area is 106 Å². The van der Waals surface area contributed by atoms with Gasteiger partial charge < -0.3 is 4.90 Å². The van der Waals surface area contributed by atoms with Gasteiger partial charge in [0.15, 0.2) is 0 Å². The molecular formula is C13H19BrN2. The van der Waals surface area contributed by atoms with Crippen LogP contribution in [-0.4, -0.2) is 30.0 Å². The van der Waals surface area contributed by atoms with Gasteiger partial charge in [-0.3, -0.25) is 0 Å². The van der Waals surface area contributed by atoms with E-state index in [2.05, 4.69) is 45.0 Å². The molecule has 1 atom stereocenters. The normalized spacial score (nSPS) is 23.0. The van der Waals surface area contributed by atoms with Crippen molar-refractivity contribution in [3.8, 4) is 0 Å². The molecule has 3 heteroatoms. The van der Waals surface area contributed by atoms with Crippen molar-refractivity contribution in [2.75, 3.05) is 20.1 Å². The summed E-state index contributed by atoms with van der Waals surface area (Å²) >= 11 is 3.43. The molecule has 1 saturated heterocycles. The van der Waals surface area contributed by atoms with Gasteiger partial charge in [-0.2, -0.15) is 0 Å². The number of halogens is 1. The number of nitrogens with zero attached hydrogens (tertiary/aromatic N) is 2. The fourth-order valence-corrected chi connectivity index (χ4v) is 2.75. The molecule has 2 rings (SSSR count). The number of aromatic nitrogens is 1. The fraction of sp³-hybridized carbons (Fsp3) is 0.615. The Morgan fingerprint density at radius 3 is 3.06 bits per heavy atom. The maximum atomic E-state index is 4.52. The molecule has 0 N–H and O–H groups in total. The third-order valence-electron chi connectivity index (χ3n) is 3.34. The van der Waals surface area contributed by atoms with Gasteiger partial charge >= 0.3 is 0 Å². The molecule has 0 unspecified atom stereocenters. The Morgan fingerprint density at radius 2 is 2.25 bits per heavy atom. The Morgan fingerprint density at radius 1 is 1.38 bits per heavy atom. The second-order valence-corrected chi connectivity index (χ2v) is 5.57. The summed E-state index contributed by atoms with van der Waals surface area (Å²) in [5, 5.41) is 0. The minimum Gasteiger partial charge on any atom is -0.306 e. The largest absolute Gasteiger partial charge is 0.306 e. The highest BCUT2D eigenvalue weighted by Crippen LogP contribution is 2.21. The lowest BCUT2D eigenvalue weighted by Gasteiger charge is -2.14. The van der Waals surface area contributed by atoms with Crippen LogP contribution in [0.25, 0.3) is 0 Å². The van der Waals surface area contributed by atoms with Crippen LogP contribution in [0.15, 0.2) is 22.8 Å². The van der Waals surface area contributed by atoms with Crippen molar-refractivity contribution >= 4 is 15.9 Å². The first-order chi connectivity index (χ1) is 7.74. The van der Waals surface area contributed by atoms with Crippen LogP contribution in [0, 0.1) is 5.92 Å². The number of hydrogen-bond donors (Lipinski definition) is 0. The van der Waals surface area contributed by atoms with Gasteiger partial charge in [-0.15, -0.1) is 0 Å². The molecule has 88 valence electrons. The smallest absolute Gasteiger partial charge is 0.106 e. The predicted octanol–water partition coefficient (Wildman–Crippen LogP) is 3.12. The van der Waals surface area contributed by atoms with Crippen molar-refractivity contribution in [3.05, 3.63) is 28.5 Å². The first-order valence-electron chi connectivity index (χ1n) is 6.04. The van der Waals surface area contributed by atoms with Gasteiger partial charge in [-0.1, -0.05) is 6.07 Å². The molecule has 2 nitrogen and oxygen atoms in total. The van der Waals surface area contributed by atoms with Crippen LogP contribution in [0.4, 0.5) is 0 Å². The molecule has 1 fully saturated rings. The summed E-state index contributed by atoms with van der Waals surface area (Å²) in [6.07, 6.45) is 5.12. The van der Waals surface area contributed by atoms with Crippen LogP contribution < -0.4 is 0 Å². The van der Waals surface area contributed by atoms with E-state index < -0.39 is 0 Å². The van der Waals surface area contributed by atoms with Crippen molar-refractivity contribution in [1.82, 2.24) is 9.88 Å². The topological polar surface area (TPSA) is 16.1 Å². The van der Waals surface area contributed by atoms with Crippen molar-refractivity contribution in [3.63, 3.8) is 0 Å². The van der Waals surface area contributed by atoms with E-state index in [0.29, 0.717) is 0 Å². The molecule has 0 aromatic carbocycles. The highest BCUT2D eigenvalue weighted by Gasteiger charge is 2.15. The summed E-state index contributed by atoms with van der Waals surface area (Å²) in [6.45, 7) is 2.49. The lowest BCUT2D eigenvalue weighted by atomic mass is 9.95. The molecule has 0 spiro atoms. The van der Waals surface area contributed by atoms with E-state index >= 15 is 0 Å². The van der Waals surface area contributed by atoms with E-state index in [1.165, 1.54) is 38.0 Å². The molecule has 1 aromatic rings. The summed E-state index contributed by atoms with van der Waals surface area (Å²) < 4.78 is 0.954. The molecule has 0 amide bonds. The van der Waals surface area contributed by atoms with Gasteiger partial charge in [-0.25, -0.2) is 4.98 Å². The molecule has 16 heavy (non-hydrogen) atoms. The Balaban J connectivity index is 1.93. The molecule has 2 heterocycles. The zero-order chi connectivity index (χ0) is 11.4. The van der Waals surface area contributed by atoms with Gasteiger partial charge in [0.1, 0.15) is 4.60 Å². The zero-order valence-corrected chi connectivity index (χ0v) is 11.4. The second kappa shape index (κ2) is 5.78. The summed E-state index contributed by atoms with van der Waals surface area (Å²) in [4.78, 5) is 6.96. The second-order valence-electron chi connectivity index (χ2n) is 4.76. The van der Waals surface area contributed by atoms with E-state index in [0.717, 1.165) is 16.9 Å². The average Bonchev–Trinajstić information content (AvgIpc) is 2.44. The first kappa shape index (κ1) is 12.1. The lowest BCUT2D eigenvalue weighted by Crippen LogP contribution is -2.19. The van der Waals surface area contributed by atoms with Crippen molar-refractivity contribution in [1.29, 1.82) is 0 Å². The summed E-state index contributed by atoms with van der Waals surface area (Å²) in [5.74, 6) is 0.812. The van der Waals surface area contributed by atoms with E-state index in [9.17, 15) is 0 Å². The monoisotopic (exact) mass is 282 g/mol. The number of rotatable bonds is 2. The maximum absolute atomic E-state index is 4.52. The highest BCUT2D eigenvalue weighted by molar-refractivity contribution is 9.10. The van der Waals surface area contributed by atoms with E-state index in [1.807, 2.05) is 6.07 Å². The van der Waals surface area contributed by atoms with Crippen LogP contribution in [0.1, 0.15) is 25.0 Å². The molecule has 0 radical (unpaired) electrons. The van der Waals surface area contributed by atoms with Crippen LogP contribution in [0.5, 0.6) is 0 Å². The first-order valence-corrected chi connectivity index (χ1v) is 6.83. The molecule has 1 aliphatic rings. The average molecular weight is 283 g/mol. The van der Waals surface area contributed by atoms with Crippen LogP contribution in [0.2, 0.25) is 0 Å². The lowest BCUT2D eigenvalue weighted by molar-refractivity contribution is 0.341. The molecule has 1 aliphatic heterocycles. The highest BCUT2D eigenvalue weighted by atomic mass is 79.9. The third kappa shape index (κ3) is 3.56. The molecule has 0 aliphatic carbocycles. The van der Waals surface area contributed by atoms with Crippen LogP contribution >= 0.6 is 15.9 Å². The standard InChI is InChI=1S/C13H19BrN2/c1-16-8-3-4-11(7-9-16)10-12-5-2-6-13(14)15-12/h2,5-6,11H,3-4,7-10H2,1H3/t11-/m1/s1. The number of hydrogen-bond acceptors (Lipinski definition) is 2. The number of likely N-dealkylation sites (tertiary alicyclic amines) is 1. The third-order valence-corrected chi connectivity index (χ3v) is 3.78. The van der Waals surface area contributed by atoms with Gasteiger partial charge in [-0.05, 0) is 79.8 Å². The summed E-state index contributed by atoms with van der Waals surface area (Å²) in [6, 6.07) is 6.21. The van der Waals surface area contributed by atoms with Crippen molar-refractivity contribution < 1.29 is 0 Å². The Hall–Kier alpha value is -0.410. The molecule has 1 aromatic heterocycles. The van der Waals surface area contributed by atoms with Crippen molar-refractivity contribution in [2.45, 2.75) is 25.7 Å². The molecule has 0 bridgehead atoms. The van der Waals surface area contributed by atoms with E-state index in [-0.39, 0.29) is 0 Å². The van der Waals surface area contributed by atoms with Crippen LogP contribution in [-0.2, 0) is 6.42 Å². The quantitative estimate of drug-likeness (QED) is 0.775. The SMILES string of the molecule is CN1CCC[C@@H](Cc2cccc(Br)n2)CC1. The Bertz CT molecular complexity index is 340. The summed E-state index contributed by atoms with van der Waals surface area (Å²) in [7, 11) is 2.22. The van der Waals surface area contributed by atoms with Crippen molar-refractivity contribution in [2.24, 2.45) is 5.92 Å². The van der Waals surface area contributed by atoms with Gasteiger partial charge in [0.05, 0.1) is 0 Å². The minimum absolute atomic E-state index is 0.812. The van der Waals surface area contributed by atoms with Crippen LogP contribution in [0.3, 0.4) is 0 Å². The van der Waals surface area contributed by atoms with E-state index in [1.54, 1.807) is 0 Å². The maximum Gasteiger partial charge on any atom is 0.106 e. The molecular weight excluding hydrogens is 264 g/mol. The van der Waals surface area contributed by atoms with Gasteiger partial charge in [0.25, 0.3) is 0 Å². The predicted molar refractivity (Wildman–Crippen MR) is 70.5 cm³/mol. The van der Waals surface area contributed by atoms with Gasteiger partial charge in [0, 0.05) is 5.69 Å². The fourth-order valence-electron chi connectivity index (χ4n) is 2.37. The minimum atomic E-state index is 0.812. The zero-order valence-electron chi connectivity index (χ0n) is 9.82. The van der Waals surface area contributed by atoms with Gasteiger partial charge in [0.2, 0.25) is 0 Å². The van der Waals surface area contributed by atoms with E-state index in [4.69, 9.17) is 0 Å². The molecule has 0 saturated carbocycles. The summed E-state index contributed by atoms with van der Waals surface area (Å²) in [5.41, 5.74) is 1.23.